The van der Waals surface area contributed by atoms with Gasteiger partial charge in [-0.05, 0) is 50.8 Å². The van der Waals surface area contributed by atoms with Crippen LogP contribution in [0.15, 0.2) is 23.2 Å². The number of aryl methyl sites for hydroxylation is 3. The van der Waals surface area contributed by atoms with Gasteiger partial charge in [0.15, 0.2) is 5.96 Å². The van der Waals surface area contributed by atoms with Crippen molar-refractivity contribution in [1.29, 1.82) is 0 Å². The summed E-state index contributed by atoms with van der Waals surface area (Å²) in [5.74, 6) is 2.21. The molecule has 1 fully saturated rings. The molecule has 1 aliphatic rings. The Kier molecular flexibility index (Phi) is 10.1. The molecule has 0 amide bonds. The molecular weight excluding hydrogens is 505 g/mol. The molecule has 1 atom stereocenters. The zero-order valence-corrected chi connectivity index (χ0v) is 21.7. The molecule has 0 radical (unpaired) electrons. The van der Waals surface area contributed by atoms with Gasteiger partial charge in [0.1, 0.15) is 5.75 Å². The predicted molar refractivity (Wildman–Crippen MR) is 136 cm³/mol. The minimum atomic E-state index is 0. The zero-order valence-electron chi connectivity index (χ0n) is 19.3. The first-order chi connectivity index (χ1) is 14.5. The molecule has 2 N–H and O–H groups in total. The molecule has 0 spiro atoms. The van der Waals surface area contributed by atoms with Gasteiger partial charge in [-0.3, -0.25) is 9.67 Å². The van der Waals surface area contributed by atoms with Gasteiger partial charge >= 0.3 is 0 Å². The van der Waals surface area contributed by atoms with E-state index in [0.717, 1.165) is 55.6 Å². The number of rotatable bonds is 8. The van der Waals surface area contributed by atoms with E-state index in [-0.39, 0.29) is 24.0 Å². The van der Waals surface area contributed by atoms with E-state index < -0.39 is 0 Å². The normalized spacial score (nSPS) is 16.2. The molecule has 1 aliphatic heterocycles. The fourth-order valence-electron chi connectivity index (χ4n) is 3.75. The summed E-state index contributed by atoms with van der Waals surface area (Å²) in [4.78, 5) is 4.36. The van der Waals surface area contributed by atoms with Crippen molar-refractivity contribution in [1.82, 2.24) is 20.4 Å². The highest BCUT2D eigenvalue weighted by Crippen LogP contribution is 2.22. The van der Waals surface area contributed by atoms with Crippen LogP contribution in [0.3, 0.4) is 0 Å². The monoisotopic (exact) mass is 541 g/mol. The van der Waals surface area contributed by atoms with Crippen molar-refractivity contribution >= 4 is 29.9 Å². The quantitative estimate of drug-likeness (QED) is 0.305. The van der Waals surface area contributed by atoms with Gasteiger partial charge in [-0.1, -0.05) is 12.1 Å². The summed E-state index contributed by atoms with van der Waals surface area (Å²) in [6.45, 7) is 10.1. The molecule has 1 aromatic heterocycles. The molecule has 2 heterocycles. The summed E-state index contributed by atoms with van der Waals surface area (Å²) < 4.78 is 13.5. The minimum absolute atomic E-state index is 0. The highest BCUT2D eigenvalue weighted by Gasteiger charge is 2.17. The summed E-state index contributed by atoms with van der Waals surface area (Å²) in [5.41, 5.74) is 5.92. The van der Waals surface area contributed by atoms with Crippen LogP contribution < -0.4 is 15.4 Å². The second kappa shape index (κ2) is 12.3. The highest BCUT2D eigenvalue weighted by atomic mass is 127. The summed E-state index contributed by atoms with van der Waals surface area (Å²) >= 11 is 0. The van der Waals surface area contributed by atoms with Crippen molar-refractivity contribution < 1.29 is 9.47 Å². The van der Waals surface area contributed by atoms with Gasteiger partial charge in [0.05, 0.1) is 18.9 Å². The Balaban J connectivity index is 0.00000341. The summed E-state index contributed by atoms with van der Waals surface area (Å²) in [6.07, 6.45) is 1.99. The number of nitrogens with zero attached hydrogens (tertiary/aromatic N) is 3. The van der Waals surface area contributed by atoms with E-state index in [1.54, 1.807) is 7.05 Å². The van der Waals surface area contributed by atoms with Gasteiger partial charge in [-0.15, -0.1) is 24.0 Å². The maximum atomic E-state index is 6.15. The number of halogens is 1. The van der Waals surface area contributed by atoms with Crippen LogP contribution in [0.4, 0.5) is 0 Å². The van der Waals surface area contributed by atoms with Gasteiger partial charge in [0, 0.05) is 51.0 Å². The molecule has 0 aliphatic carbocycles. The van der Waals surface area contributed by atoms with Crippen LogP contribution in [-0.4, -0.2) is 49.2 Å². The molecule has 0 bridgehead atoms. The number of nitrogens with one attached hydrogen (secondary N) is 2. The van der Waals surface area contributed by atoms with Crippen molar-refractivity contribution in [2.75, 3.05) is 33.4 Å². The van der Waals surface area contributed by atoms with Crippen LogP contribution in [0.1, 0.15) is 34.5 Å². The predicted octanol–water partition coefficient (Wildman–Crippen LogP) is 3.29. The third-order valence-corrected chi connectivity index (χ3v) is 5.72. The lowest BCUT2D eigenvalue weighted by atomic mass is 10.1. The maximum Gasteiger partial charge on any atom is 0.191 e. The first-order valence-corrected chi connectivity index (χ1v) is 10.7. The Hall–Kier alpha value is -1.81. The van der Waals surface area contributed by atoms with E-state index in [4.69, 9.17) is 9.47 Å². The second-order valence-corrected chi connectivity index (χ2v) is 8.03. The van der Waals surface area contributed by atoms with Crippen molar-refractivity contribution in [3.63, 3.8) is 0 Å². The average Bonchev–Trinajstić information content (AvgIpc) is 3.33. The van der Waals surface area contributed by atoms with E-state index in [9.17, 15) is 0 Å². The third-order valence-electron chi connectivity index (χ3n) is 5.72. The Bertz CT molecular complexity index is 875. The zero-order chi connectivity index (χ0) is 21.5. The SMILES string of the molecule is CN=C(NCCc1c(C)nn(C)c1C)NCc1ccc(C)cc1OCC1CCOC1.I. The Morgan fingerprint density at radius 3 is 2.74 bits per heavy atom. The van der Waals surface area contributed by atoms with Crippen LogP contribution in [-0.2, 0) is 24.8 Å². The Morgan fingerprint density at radius 1 is 1.29 bits per heavy atom. The lowest BCUT2D eigenvalue weighted by Gasteiger charge is -2.17. The van der Waals surface area contributed by atoms with Gasteiger partial charge < -0.3 is 20.1 Å². The van der Waals surface area contributed by atoms with Crippen LogP contribution in [0.25, 0.3) is 0 Å². The molecule has 7 nitrogen and oxygen atoms in total. The fourth-order valence-corrected chi connectivity index (χ4v) is 3.75. The van der Waals surface area contributed by atoms with Crippen LogP contribution in [0.2, 0.25) is 0 Å². The lowest BCUT2D eigenvalue weighted by molar-refractivity contribution is 0.166. The van der Waals surface area contributed by atoms with Crippen molar-refractivity contribution in [3.05, 3.63) is 46.3 Å². The van der Waals surface area contributed by atoms with E-state index in [1.807, 2.05) is 11.7 Å². The molecule has 172 valence electrons. The van der Waals surface area contributed by atoms with E-state index in [0.29, 0.717) is 19.1 Å². The molecule has 0 saturated carbocycles. The Morgan fingerprint density at radius 2 is 2.10 bits per heavy atom. The number of hydrogen-bond donors (Lipinski definition) is 2. The molecule has 1 aromatic carbocycles. The van der Waals surface area contributed by atoms with Crippen molar-refractivity contribution in [2.45, 2.75) is 40.2 Å². The average molecular weight is 541 g/mol. The number of hydrogen-bond acceptors (Lipinski definition) is 4. The third kappa shape index (κ3) is 7.10. The van der Waals surface area contributed by atoms with Crippen LogP contribution in [0.5, 0.6) is 5.75 Å². The molecule has 1 saturated heterocycles. The molecule has 31 heavy (non-hydrogen) atoms. The number of guanidine groups is 1. The van der Waals surface area contributed by atoms with Crippen molar-refractivity contribution in [2.24, 2.45) is 18.0 Å². The van der Waals surface area contributed by atoms with Gasteiger partial charge in [-0.2, -0.15) is 5.10 Å². The molecule has 3 rings (SSSR count). The summed E-state index contributed by atoms with van der Waals surface area (Å²) in [7, 11) is 3.78. The molecule has 2 aromatic rings. The van der Waals surface area contributed by atoms with E-state index >= 15 is 0 Å². The molecular formula is C23H36IN5O2. The lowest BCUT2D eigenvalue weighted by Crippen LogP contribution is -2.38. The maximum absolute atomic E-state index is 6.15. The number of ether oxygens (including phenoxy) is 2. The number of aliphatic imine (C=N–C) groups is 1. The molecule has 1 unspecified atom stereocenters. The Labute approximate surface area is 203 Å². The van der Waals surface area contributed by atoms with Crippen LogP contribution in [0, 0.1) is 26.7 Å². The highest BCUT2D eigenvalue weighted by molar-refractivity contribution is 14.0. The molecule has 8 heteroatoms. The fraction of sp³-hybridized carbons (Fsp3) is 0.565. The van der Waals surface area contributed by atoms with E-state index in [2.05, 4.69) is 59.7 Å². The topological polar surface area (TPSA) is 72.7 Å². The summed E-state index contributed by atoms with van der Waals surface area (Å²) in [6, 6.07) is 6.35. The van der Waals surface area contributed by atoms with Gasteiger partial charge in [0.2, 0.25) is 0 Å². The largest absolute Gasteiger partial charge is 0.493 e. The standard InChI is InChI=1S/C23H35N5O2.HI/c1-16-6-7-20(22(12-16)30-15-19-9-11-29-14-19)13-26-23(24-4)25-10-8-21-17(2)27-28(5)18(21)3;/h6-7,12,19H,8-11,13-15H2,1-5H3,(H2,24,25,26);1H. The first kappa shape index (κ1) is 25.5. The van der Waals surface area contributed by atoms with Gasteiger partial charge in [0.25, 0.3) is 0 Å². The van der Waals surface area contributed by atoms with Gasteiger partial charge in [-0.25, -0.2) is 0 Å². The minimum Gasteiger partial charge on any atom is -0.493 e. The number of aromatic nitrogens is 2. The van der Waals surface area contributed by atoms with E-state index in [1.165, 1.54) is 16.8 Å². The first-order valence-electron chi connectivity index (χ1n) is 10.7. The smallest absolute Gasteiger partial charge is 0.191 e. The van der Waals surface area contributed by atoms with Crippen molar-refractivity contribution in [3.8, 4) is 5.75 Å². The second-order valence-electron chi connectivity index (χ2n) is 8.03. The summed E-state index contributed by atoms with van der Waals surface area (Å²) in [5, 5.41) is 11.3. The van der Waals surface area contributed by atoms with Crippen LogP contribution >= 0.6 is 24.0 Å². The number of benzene rings is 1.